The highest BCUT2D eigenvalue weighted by Gasteiger charge is 2.17. The van der Waals surface area contributed by atoms with E-state index < -0.39 is 12.1 Å². The number of carbonyl (C=O) groups is 2. The molecule has 7 heteroatoms. The Morgan fingerprint density at radius 2 is 1.75 bits per heavy atom. The Morgan fingerprint density at radius 3 is 2.38 bits per heavy atom. The maximum Gasteiger partial charge on any atom is 0.337 e. The van der Waals surface area contributed by atoms with Crippen LogP contribution in [-0.4, -0.2) is 25.1 Å². The van der Waals surface area contributed by atoms with Crippen molar-refractivity contribution in [2.24, 2.45) is 0 Å². The van der Waals surface area contributed by atoms with E-state index in [1.807, 2.05) is 0 Å². The number of benzene rings is 2. The van der Waals surface area contributed by atoms with Crippen molar-refractivity contribution >= 4 is 40.8 Å². The molecule has 5 nitrogen and oxygen atoms in total. The number of methoxy groups -OCH3 is 1. The van der Waals surface area contributed by atoms with Crippen LogP contribution in [0, 0.1) is 0 Å². The summed E-state index contributed by atoms with van der Waals surface area (Å²) in [6.07, 6.45) is -0.791. The largest absolute Gasteiger partial charge is 0.479 e. The number of ether oxygens (including phenoxy) is 2. The third-order valence-corrected chi connectivity index (χ3v) is 3.69. The average molecular weight is 368 g/mol. The molecule has 0 aliphatic rings. The second-order valence-corrected chi connectivity index (χ2v) is 5.74. The van der Waals surface area contributed by atoms with Crippen LogP contribution in [0.4, 0.5) is 5.69 Å². The fourth-order valence-electron chi connectivity index (χ4n) is 1.86. The van der Waals surface area contributed by atoms with Crippen LogP contribution in [0.5, 0.6) is 5.75 Å². The van der Waals surface area contributed by atoms with Gasteiger partial charge in [-0.25, -0.2) is 4.79 Å². The molecule has 126 valence electrons. The van der Waals surface area contributed by atoms with E-state index in [1.54, 1.807) is 49.4 Å². The molecule has 1 N–H and O–H groups in total. The minimum absolute atomic E-state index is 0.327. The second kappa shape index (κ2) is 8.04. The van der Waals surface area contributed by atoms with Gasteiger partial charge in [-0.2, -0.15) is 0 Å². The Hall–Kier alpha value is -2.24. The third-order valence-electron chi connectivity index (χ3n) is 3.14. The molecule has 2 rings (SSSR count). The van der Waals surface area contributed by atoms with Crippen LogP contribution in [0.3, 0.4) is 0 Å². The van der Waals surface area contributed by atoms with Crippen molar-refractivity contribution in [1.82, 2.24) is 0 Å². The molecule has 1 atom stereocenters. The summed E-state index contributed by atoms with van der Waals surface area (Å²) < 4.78 is 10.1. The SMILES string of the molecule is COC(=O)c1ccc(NC(=O)C(C)Oc2cc(Cl)ccc2Cl)cc1. The van der Waals surface area contributed by atoms with E-state index in [-0.39, 0.29) is 5.91 Å². The van der Waals surface area contributed by atoms with Crippen molar-refractivity contribution in [2.75, 3.05) is 12.4 Å². The third kappa shape index (κ3) is 4.63. The van der Waals surface area contributed by atoms with Crippen LogP contribution in [0.2, 0.25) is 10.0 Å². The highest BCUT2D eigenvalue weighted by atomic mass is 35.5. The fraction of sp³-hybridized carbons (Fsp3) is 0.176. The zero-order valence-electron chi connectivity index (χ0n) is 13.0. The maximum atomic E-state index is 12.2. The number of carbonyl (C=O) groups excluding carboxylic acids is 2. The molecule has 0 aliphatic heterocycles. The van der Waals surface area contributed by atoms with Gasteiger partial charge >= 0.3 is 5.97 Å². The molecule has 2 aromatic rings. The number of esters is 1. The number of hydrogen-bond donors (Lipinski definition) is 1. The van der Waals surface area contributed by atoms with Crippen LogP contribution in [0.15, 0.2) is 42.5 Å². The van der Waals surface area contributed by atoms with E-state index in [2.05, 4.69) is 10.1 Å². The van der Waals surface area contributed by atoms with Crippen molar-refractivity contribution < 1.29 is 19.1 Å². The first kappa shape index (κ1) is 18.1. The summed E-state index contributed by atoms with van der Waals surface area (Å²) >= 11 is 11.9. The second-order valence-electron chi connectivity index (χ2n) is 4.89. The number of anilines is 1. The van der Waals surface area contributed by atoms with E-state index >= 15 is 0 Å². The topological polar surface area (TPSA) is 64.6 Å². The summed E-state index contributed by atoms with van der Waals surface area (Å²) in [5.41, 5.74) is 0.922. The van der Waals surface area contributed by atoms with Gasteiger partial charge in [-0.3, -0.25) is 4.79 Å². The summed E-state index contributed by atoms with van der Waals surface area (Å²) in [4.78, 5) is 23.5. The number of hydrogen-bond acceptors (Lipinski definition) is 4. The van der Waals surface area contributed by atoms with Crippen molar-refractivity contribution in [3.8, 4) is 5.75 Å². The summed E-state index contributed by atoms with van der Waals surface area (Å²) in [7, 11) is 1.30. The predicted molar refractivity (Wildman–Crippen MR) is 93.0 cm³/mol. The molecule has 1 amide bonds. The Labute approximate surface area is 149 Å². The van der Waals surface area contributed by atoms with Gasteiger partial charge in [0.1, 0.15) is 5.75 Å². The predicted octanol–water partition coefficient (Wildman–Crippen LogP) is 4.19. The molecule has 0 bridgehead atoms. The summed E-state index contributed by atoms with van der Waals surface area (Å²) in [5, 5.41) is 3.51. The van der Waals surface area contributed by atoms with Gasteiger partial charge in [0.2, 0.25) is 0 Å². The normalized spacial score (nSPS) is 11.5. The minimum atomic E-state index is -0.791. The van der Waals surface area contributed by atoms with Crippen molar-refractivity contribution in [3.05, 3.63) is 58.1 Å². The van der Waals surface area contributed by atoms with E-state index in [0.29, 0.717) is 27.0 Å². The molecular formula is C17H15Cl2NO4. The lowest BCUT2D eigenvalue weighted by Crippen LogP contribution is -2.30. The standard InChI is InChI=1S/C17H15Cl2NO4/c1-10(24-15-9-12(18)5-8-14(15)19)16(21)20-13-6-3-11(4-7-13)17(22)23-2/h3-10H,1-2H3,(H,20,21). The molecule has 0 heterocycles. The highest BCUT2D eigenvalue weighted by molar-refractivity contribution is 6.34. The summed E-state index contributed by atoms with van der Waals surface area (Å²) in [5.74, 6) is -0.482. The van der Waals surface area contributed by atoms with Crippen LogP contribution in [0.25, 0.3) is 0 Å². The lowest BCUT2D eigenvalue weighted by Gasteiger charge is -2.16. The molecule has 0 radical (unpaired) electrons. The molecule has 0 spiro atoms. The van der Waals surface area contributed by atoms with E-state index in [9.17, 15) is 9.59 Å². The summed E-state index contributed by atoms with van der Waals surface area (Å²) in [6, 6.07) is 11.1. The number of nitrogens with one attached hydrogen (secondary N) is 1. The molecule has 0 saturated heterocycles. The van der Waals surface area contributed by atoms with Crippen LogP contribution >= 0.6 is 23.2 Å². The Balaban J connectivity index is 2.01. The van der Waals surface area contributed by atoms with Crippen LogP contribution in [-0.2, 0) is 9.53 Å². The van der Waals surface area contributed by atoms with Gasteiger partial charge in [-0.1, -0.05) is 23.2 Å². The molecule has 24 heavy (non-hydrogen) atoms. The van der Waals surface area contributed by atoms with Gasteiger partial charge in [-0.05, 0) is 43.3 Å². The van der Waals surface area contributed by atoms with Crippen LogP contribution < -0.4 is 10.1 Å². The molecule has 0 aliphatic carbocycles. The number of amides is 1. The van der Waals surface area contributed by atoms with Crippen LogP contribution in [0.1, 0.15) is 17.3 Å². The summed E-state index contributed by atoms with van der Waals surface area (Å²) in [6.45, 7) is 1.59. The molecule has 0 aromatic heterocycles. The smallest absolute Gasteiger partial charge is 0.337 e. The van der Waals surface area contributed by atoms with E-state index in [4.69, 9.17) is 27.9 Å². The van der Waals surface area contributed by atoms with Gasteiger partial charge in [0, 0.05) is 16.8 Å². The fourth-order valence-corrected chi connectivity index (χ4v) is 2.19. The first-order valence-corrected chi connectivity index (χ1v) is 7.77. The molecular weight excluding hydrogens is 353 g/mol. The lowest BCUT2D eigenvalue weighted by molar-refractivity contribution is -0.122. The van der Waals surface area contributed by atoms with Crippen molar-refractivity contribution in [1.29, 1.82) is 0 Å². The number of halogens is 2. The zero-order valence-corrected chi connectivity index (χ0v) is 14.5. The Kier molecular flexibility index (Phi) is 6.06. The molecule has 2 aromatic carbocycles. The van der Waals surface area contributed by atoms with Gasteiger partial charge in [0.25, 0.3) is 5.91 Å². The first-order valence-electron chi connectivity index (χ1n) is 7.01. The van der Waals surface area contributed by atoms with Gasteiger partial charge < -0.3 is 14.8 Å². The van der Waals surface area contributed by atoms with Gasteiger partial charge in [-0.15, -0.1) is 0 Å². The van der Waals surface area contributed by atoms with E-state index in [1.165, 1.54) is 7.11 Å². The first-order chi connectivity index (χ1) is 11.4. The molecule has 0 fully saturated rings. The van der Waals surface area contributed by atoms with E-state index in [0.717, 1.165) is 0 Å². The zero-order chi connectivity index (χ0) is 17.7. The minimum Gasteiger partial charge on any atom is -0.479 e. The molecule has 0 saturated carbocycles. The monoisotopic (exact) mass is 367 g/mol. The Bertz CT molecular complexity index is 747. The highest BCUT2D eigenvalue weighted by Crippen LogP contribution is 2.28. The average Bonchev–Trinajstić information content (AvgIpc) is 2.58. The van der Waals surface area contributed by atoms with Gasteiger partial charge in [0.05, 0.1) is 17.7 Å². The van der Waals surface area contributed by atoms with Gasteiger partial charge in [0.15, 0.2) is 6.10 Å². The van der Waals surface area contributed by atoms with Crippen molar-refractivity contribution in [3.63, 3.8) is 0 Å². The Morgan fingerprint density at radius 1 is 1.08 bits per heavy atom. The maximum absolute atomic E-state index is 12.2. The quantitative estimate of drug-likeness (QED) is 0.804. The van der Waals surface area contributed by atoms with Crippen molar-refractivity contribution in [2.45, 2.75) is 13.0 Å². The lowest BCUT2D eigenvalue weighted by atomic mass is 10.2. The molecule has 1 unspecified atom stereocenters. The number of rotatable bonds is 5.